The van der Waals surface area contributed by atoms with E-state index >= 15 is 0 Å². The number of carbonyl (C=O) groups is 1. The first kappa shape index (κ1) is 21.8. The van der Waals surface area contributed by atoms with Crippen LogP contribution in [0.25, 0.3) is 0 Å². The molecule has 2 atom stereocenters. The number of likely N-dealkylation sites (tertiary alicyclic amines) is 1. The maximum atomic E-state index is 13.1. The van der Waals surface area contributed by atoms with Crippen LogP contribution in [0.5, 0.6) is 5.75 Å². The minimum absolute atomic E-state index is 0.0790. The molecule has 2 heterocycles. The molecule has 3 aromatic rings. The molecule has 1 N–H and O–H groups in total. The summed E-state index contributed by atoms with van der Waals surface area (Å²) in [5, 5.41) is 8.90. The van der Waals surface area contributed by atoms with E-state index in [-0.39, 0.29) is 16.6 Å². The molecule has 2 aliphatic rings. The monoisotopic (exact) mass is 456 g/mol. The number of benzene rings is 3. The summed E-state index contributed by atoms with van der Waals surface area (Å²) in [6.07, 6.45) is 0.495. The first-order chi connectivity index (χ1) is 16.1. The predicted molar refractivity (Wildman–Crippen MR) is 134 cm³/mol. The molecule has 0 aromatic heterocycles. The van der Waals surface area contributed by atoms with Crippen molar-refractivity contribution in [3.05, 3.63) is 102 Å². The average molecular weight is 457 g/mol. The van der Waals surface area contributed by atoms with E-state index in [1.54, 1.807) is 18.9 Å². The maximum absolute atomic E-state index is 13.1. The van der Waals surface area contributed by atoms with Gasteiger partial charge in [-0.1, -0.05) is 78.9 Å². The number of amidine groups is 1. The number of thioether (sulfide) groups is 1. The van der Waals surface area contributed by atoms with Gasteiger partial charge in [0.2, 0.25) is 0 Å². The number of methoxy groups -OCH3 is 1. The van der Waals surface area contributed by atoms with Crippen molar-refractivity contribution in [2.75, 3.05) is 26.0 Å². The van der Waals surface area contributed by atoms with Crippen LogP contribution < -0.4 is 4.74 Å². The van der Waals surface area contributed by atoms with Gasteiger partial charge >= 0.3 is 0 Å². The number of nitrogens with zero attached hydrogens (tertiary/aromatic N) is 1. The van der Waals surface area contributed by atoms with Gasteiger partial charge in [-0.3, -0.25) is 10.2 Å². The van der Waals surface area contributed by atoms with E-state index in [0.29, 0.717) is 36.9 Å². The molecule has 4 nitrogen and oxygen atoms in total. The van der Waals surface area contributed by atoms with Crippen LogP contribution in [-0.4, -0.2) is 42.5 Å². The number of Topliss-reactive ketones (excluding diaryl/α,β-unsaturated/α-hetero) is 1. The van der Waals surface area contributed by atoms with Crippen LogP contribution >= 0.6 is 11.8 Å². The van der Waals surface area contributed by atoms with Crippen molar-refractivity contribution in [3.8, 4) is 5.75 Å². The zero-order chi connectivity index (χ0) is 22.8. The Morgan fingerprint density at radius 1 is 0.970 bits per heavy atom. The highest BCUT2D eigenvalue weighted by atomic mass is 32.2. The van der Waals surface area contributed by atoms with Gasteiger partial charge in [0, 0.05) is 36.9 Å². The molecule has 2 saturated heterocycles. The second kappa shape index (κ2) is 9.06. The fourth-order valence-corrected chi connectivity index (χ4v) is 7.08. The van der Waals surface area contributed by atoms with Gasteiger partial charge in [0.05, 0.1) is 17.6 Å². The first-order valence-electron chi connectivity index (χ1n) is 11.4. The van der Waals surface area contributed by atoms with E-state index < -0.39 is 0 Å². The lowest BCUT2D eigenvalue weighted by Gasteiger charge is -2.44. The molecule has 2 fully saturated rings. The van der Waals surface area contributed by atoms with Crippen molar-refractivity contribution >= 4 is 23.4 Å². The van der Waals surface area contributed by atoms with Gasteiger partial charge in [0.15, 0.2) is 0 Å². The Morgan fingerprint density at radius 2 is 1.58 bits per heavy atom. The van der Waals surface area contributed by atoms with Crippen molar-refractivity contribution in [1.29, 1.82) is 5.41 Å². The molecule has 3 aromatic carbocycles. The lowest BCUT2D eigenvalue weighted by atomic mass is 9.73. The topological polar surface area (TPSA) is 53.4 Å². The third-order valence-corrected chi connectivity index (χ3v) is 8.69. The summed E-state index contributed by atoms with van der Waals surface area (Å²) in [5.74, 6) is 2.17. The van der Waals surface area contributed by atoms with Crippen LogP contribution in [0.2, 0.25) is 0 Å². The summed E-state index contributed by atoms with van der Waals surface area (Å²) in [6.45, 7) is 1.31. The van der Waals surface area contributed by atoms with Gasteiger partial charge in [0.1, 0.15) is 17.4 Å². The summed E-state index contributed by atoms with van der Waals surface area (Å²) in [4.78, 5) is 15.2. The smallest absolute Gasteiger partial charge is 0.148 e. The Morgan fingerprint density at radius 3 is 2.21 bits per heavy atom. The fraction of sp³-hybridized carbons (Fsp3) is 0.286. The molecule has 0 bridgehead atoms. The summed E-state index contributed by atoms with van der Waals surface area (Å²) in [7, 11) is 1.66. The molecule has 168 valence electrons. The standard InChI is InChI=1S/C28H28N2O2S/c1-32-26-15-9-8-10-20(26)16-27(29)30-17-23-24(18-30)28(33-19-25(23)31,21-11-4-2-5-12-21)22-13-6-3-7-14-22/h2-15,23-24,29H,16-19H2,1H3/t23-,24+/m1/s1. The van der Waals surface area contributed by atoms with Crippen LogP contribution in [0.15, 0.2) is 84.9 Å². The number of rotatable bonds is 5. The molecule has 0 aliphatic carbocycles. The van der Waals surface area contributed by atoms with Crippen molar-refractivity contribution in [1.82, 2.24) is 4.90 Å². The molecule has 0 unspecified atom stereocenters. The highest BCUT2D eigenvalue weighted by Crippen LogP contribution is 2.56. The van der Waals surface area contributed by atoms with Crippen molar-refractivity contribution < 1.29 is 9.53 Å². The van der Waals surface area contributed by atoms with Crippen molar-refractivity contribution in [3.63, 3.8) is 0 Å². The highest BCUT2D eigenvalue weighted by Gasteiger charge is 2.55. The minimum atomic E-state index is -0.305. The van der Waals surface area contributed by atoms with Crippen molar-refractivity contribution in [2.45, 2.75) is 11.2 Å². The number of carbonyl (C=O) groups excluding carboxylic acids is 1. The zero-order valence-corrected chi connectivity index (χ0v) is 19.6. The van der Waals surface area contributed by atoms with Crippen LogP contribution in [0, 0.1) is 17.2 Å². The summed E-state index contributed by atoms with van der Waals surface area (Å²) >= 11 is 1.76. The van der Waals surface area contributed by atoms with Gasteiger partial charge in [-0.05, 0) is 17.2 Å². The molecule has 0 saturated carbocycles. The molecule has 0 spiro atoms. The van der Waals surface area contributed by atoms with Gasteiger partial charge in [0.25, 0.3) is 0 Å². The van der Waals surface area contributed by atoms with Crippen LogP contribution in [0.3, 0.4) is 0 Å². The molecule has 0 radical (unpaired) electrons. The summed E-state index contributed by atoms with van der Waals surface area (Å²) < 4.78 is 5.19. The van der Waals surface area contributed by atoms with E-state index in [1.165, 1.54) is 11.1 Å². The molecule has 2 aliphatic heterocycles. The Bertz CT molecular complexity index is 1110. The van der Waals surface area contributed by atoms with Crippen molar-refractivity contribution in [2.24, 2.45) is 11.8 Å². The number of ether oxygens (including phenoxy) is 1. The molecule has 33 heavy (non-hydrogen) atoms. The Labute approximate surface area is 199 Å². The average Bonchev–Trinajstić information content (AvgIpc) is 3.33. The number of ketones is 1. The van der Waals surface area contributed by atoms with E-state index in [4.69, 9.17) is 10.1 Å². The van der Waals surface area contributed by atoms with Crippen LogP contribution in [0.4, 0.5) is 0 Å². The lowest BCUT2D eigenvalue weighted by molar-refractivity contribution is -0.121. The molecule has 5 heteroatoms. The minimum Gasteiger partial charge on any atom is -0.496 e. The lowest BCUT2D eigenvalue weighted by Crippen LogP contribution is -2.45. The number of hydrogen-bond donors (Lipinski definition) is 1. The fourth-order valence-electron chi connectivity index (χ4n) is 5.44. The van der Waals surface area contributed by atoms with E-state index in [9.17, 15) is 4.79 Å². The van der Waals surface area contributed by atoms with Gasteiger partial charge < -0.3 is 9.64 Å². The van der Waals surface area contributed by atoms with Gasteiger partial charge in [-0.2, -0.15) is 0 Å². The largest absolute Gasteiger partial charge is 0.496 e. The highest BCUT2D eigenvalue weighted by molar-refractivity contribution is 8.01. The SMILES string of the molecule is COc1ccccc1CC(=N)N1C[C@H]2C(=O)CSC(c3ccccc3)(c3ccccc3)[C@H]2C1. The normalized spacial score (nSPS) is 21.5. The second-order valence-corrected chi connectivity index (χ2v) is 10.00. The Kier molecular flexibility index (Phi) is 5.98. The van der Waals surface area contributed by atoms with E-state index in [2.05, 4.69) is 53.4 Å². The summed E-state index contributed by atoms with van der Waals surface area (Å²) in [6, 6.07) is 29.1. The molecule has 5 rings (SSSR count). The molecular formula is C28H28N2O2S. The third-order valence-electron chi connectivity index (χ3n) is 7.04. The van der Waals surface area contributed by atoms with Gasteiger partial charge in [-0.25, -0.2) is 0 Å². The maximum Gasteiger partial charge on any atom is 0.148 e. The third kappa shape index (κ3) is 3.84. The van der Waals surface area contributed by atoms with Crippen LogP contribution in [-0.2, 0) is 16.0 Å². The number of para-hydroxylation sites is 1. The molecule has 0 amide bonds. The van der Waals surface area contributed by atoms with Crippen LogP contribution in [0.1, 0.15) is 16.7 Å². The first-order valence-corrected chi connectivity index (χ1v) is 12.3. The Hall–Kier alpha value is -3.05. The quantitative estimate of drug-likeness (QED) is 0.433. The van der Waals surface area contributed by atoms with Gasteiger partial charge in [-0.15, -0.1) is 11.8 Å². The second-order valence-electron chi connectivity index (χ2n) is 8.78. The number of hydrogen-bond acceptors (Lipinski definition) is 4. The summed E-state index contributed by atoms with van der Waals surface area (Å²) in [5.41, 5.74) is 3.47. The van der Waals surface area contributed by atoms with E-state index in [0.717, 1.165) is 11.3 Å². The Balaban J connectivity index is 1.50. The number of nitrogens with one attached hydrogen (secondary N) is 1. The zero-order valence-electron chi connectivity index (χ0n) is 18.7. The molecular weight excluding hydrogens is 428 g/mol. The number of fused-ring (bicyclic) bond motifs is 1. The van der Waals surface area contributed by atoms with E-state index in [1.807, 2.05) is 36.4 Å². The predicted octanol–water partition coefficient (Wildman–Crippen LogP) is 5.02.